The Kier molecular flexibility index (Phi) is 2.57. The van der Waals surface area contributed by atoms with E-state index < -0.39 is 0 Å². The van der Waals surface area contributed by atoms with E-state index in [4.69, 9.17) is 0 Å². The van der Waals surface area contributed by atoms with Crippen LogP contribution >= 0.6 is 0 Å². The number of fused-ring (bicyclic) bond motifs is 3. The molecule has 0 saturated carbocycles. The quantitative estimate of drug-likeness (QED) is 0.815. The zero-order valence-electron chi connectivity index (χ0n) is 11.6. The smallest absolute Gasteiger partial charge is 0.259 e. The molecule has 4 heterocycles. The number of pyridine rings is 1. The van der Waals surface area contributed by atoms with Gasteiger partial charge in [0.1, 0.15) is 11.5 Å². The Morgan fingerprint density at radius 1 is 1.30 bits per heavy atom. The van der Waals surface area contributed by atoms with Gasteiger partial charge in [0.05, 0.1) is 0 Å². The summed E-state index contributed by atoms with van der Waals surface area (Å²) >= 11 is 0. The molecule has 0 amide bonds. The largest absolute Gasteiger partial charge is 0.350 e. The van der Waals surface area contributed by atoms with Crippen molar-refractivity contribution in [1.29, 1.82) is 0 Å². The number of rotatable bonds is 2. The van der Waals surface area contributed by atoms with Gasteiger partial charge in [0.25, 0.3) is 5.56 Å². The Labute approximate surface area is 117 Å². The number of piperazine rings is 1. The maximum absolute atomic E-state index is 12.2. The van der Waals surface area contributed by atoms with E-state index in [0.717, 1.165) is 31.1 Å². The summed E-state index contributed by atoms with van der Waals surface area (Å²) in [5.41, 5.74) is 0.728. The molecule has 2 atom stereocenters. The topological polar surface area (TPSA) is 40.9 Å². The van der Waals surface area contributed by atoms with Crippen molar-refractivity contribution >= 4 is 11.5 Å². The van der Waals surface area contributed by atoms with Crippen LogP contribution in [0, 0.1) is 0 Å². The first-order valence-electron chi connectivity index (χ1n) is 7.25. The molecule has 2 fully saturated rings. The minimum atomic E-state index is 0.000668. The Bertz CT molecular complexity index is 710. The highest BCUT2D eigenvalue weighted by Crippen LogP contribution is 2.33. The molecule has 0 radical (unpaired) electrons. The van der Waals surface area contributed by atoms with Gasteiger partial charge in [-0.1, -0.05) is 13.0 Å². The Morgan fingerprint density at radius 3 is 2.95 bits per heavy atom. The Balaban J connectivity index is 1.72. The van der Waals surface area contributed by atoms with Crippen LogP contribution in [0.3, 0.4) is 0 Å². The van der Waals surface area contributed by atoms with Crippen LogP contribution in [0.4, 0.5) is 5.82 Å². The number of hydrogen-bond donors (Lipinski definition) is 0. The van der Waals surface area contributed by atoms with E-state index in [1.165, 1.54) is 6.42 Å². The zero-order chi connectivity index (χ0) is 13.7. The van der Waals surface area contributed by atoms with Crippen LogP contribution in [0.25, 0.3) is 5.65 Å². The van der Waals surface area contributed by atoms with Crippen molar-refractivity contribution < 1.29 is 0 Å². The van der Waals surface area contributed by atoms with E-state index in [1.54, 1.807) is 16.7 Å². The molecule has 2 aromatic rings. The van der Waals surface area contributed by atoms with E-state index in [2.05, 4.69) is 21.7 Å². The summed E-state index contributed by atoms with van der Waals surface area (Å²) in [6.45, 7) is 5.42. The van der Waals surface area contributed by atoms with Crippen molar-refractivity contribution in [1.82, 2.24) is 14.3 Å². The number of anilines is 1. The minimum Gasteiger partial charge on any atom is -0.350 e. The number of nitrogens with zero attached hydrogens (tertiary/aromatic N) is 4. The third-order valence-electron chi connectivity index (χ3n) is 4.61. The first kappa shape index (κ1) is 11.9. The third kappa shape index (κ3) is 1.66. The average molecular weight is 270 g/mol. The van der Waals surface area contributed by atoms with Crippen LogP contribution in [0.1, 0.15) is 13.3 Å². The molecule has 2 aliphatic heterocycles. The van der Waals surface area contributed by atoms with Crippen LogP contribution in [0.2, 0.25) is 0 Å². The monoisotopic (exact) mass is 270 g/mol. The van der Waals surface area contributed by atoms with Gasteiger partial charge in [-0.25, -0.2) is 4.98 Å². The third-order valence-corrected chi connectivity index (χ3v) is 4.61. The lowest BCUT2D eigenvalue weighted by Gasteiger charge is -2.34. The highest BCUT2D eigenvalue weighted by molar-refractivity contribution is 5.50. The predicted molar refractivity (Wildman–Crippen MR) is 78.2 cm³/mol. The van der Waals surface area contributed by atoms with E-state index >= 15 is 0 Å². The van der Waals surface area contributed by atoms with Crippen LogP contribution in [0.15, 0.2) is 35.3 Å². The van der Waals surface area contributed by atoms with Gasteiger partial charge in [0.15, 0.2) is 0 Å². The molecule has 20 heavy (non-hydrogen) atoms. The highest BCUT2D eigenvalue weighted by Gasteiger charge is 2.43. The molecule has 5 heteroatoms. The van der Waals surface area contributed by atoms with Crippen molar-refractivity contribution in [2.45, 2.75) is 25.4 Å². The maximum Gasteiger partial charge on any atom is 0.259 e. The molecule has 0 N–H and O–H groups in total. The molecule has 2 aromatic heterocycles. The molecule has 0 spiro atoms. The highest BCUT2D eigenvalue weighted by atomic mass is 16.1. The molecule has 4 rings (SSSR count). The molecule has 2 aliphatic rings. The Hall–Kier alpha value is -1.88. The fourth-order valence-electron chi connectivity index (χ4n) is 3.61. The molecule has 0 aromatic carbocycles. The second-order valence-electron chi connectivity index (χ2n) is 5.66. The Morgan fingerprint density at radius 2 is 2.20 bits per heavy atom. The normalized spacial score (nSPS) is 25.8. The first-order valence-corrected chi connectivity index (χ1v) is 7.25. The number of likely N-dealkylation sites (tertiary alicyclic amines) is 1. The van der Waals surface area contributed by atoms with Crippen molar-refractivity contribution in [3.63, 3.8) is 0 Å². The van der Waals surface area contributed by atoms with E-state index in [9.17, 15) is 4.79 Å². The molecule has 0 unspecified atom stereocenters. The van der Waals surface area contributed by atoms with Crippen LogP contribution in [-0.4, -0.2) is 46.0 Å². The zero-order valence-corrected chi connectivity index (χ0v) is 11.6. The maximum atomic E-state index is 12.2. The van der Waals surface area contributed by atoms with E-state index in [-0.39, 0.29) is 5.56 Å². The minimum absolute atomic E-state index is 0.000668. The summed E-state index contributed by atoms with van der Waals surface area (Å²) in [5.74, 6) is 0.837. The summed E-state index contributed by atoms with van der Waals surface area (Å²) in [4.78, 5) is 21.7. The summed E-state index contributed by atoms with van der Waals surface area (Å²) in [7, 11) is 0. The van der Waals surface area contributed by atoms with E-state index in [1.807, 2.05) is 18.2 Å². The average Bonchev–Trinajstić information content (AvgIpc) is 3.07. The van der Waals surface area contributed by atoms with Crippen molar-refractivity contribution in [2.24, 2.45) is 0 Å². The SMILES string of the molecule is CCN1C[C@@H]2C[C@H]1CN2c1cc(=O)n2ccccc2n1. The number of likely N-dealkylation sites (N-methyl/N-ethyl adjacent to an activating group) is 1. The van der Waals surface area contributed by atoms with Gasteiger partial charge < -0.3 is 4.90 Å². The molecular weight excluding hydrogens is 252 g/mol. The van der Waals surface area contributed by atoms with Gasteiger partial charge >= 0.3 is 0 Å². The molecule has 0 aliphatic carbocycles. The van der Waals surface area contributed by atoms with Gasteiger partial charge in [0, 0.05) is 37.4 Å². The molecule has 2 bridgehead atoms. The fraction of sp³-hybridized carbons (Fsp3) is 0.467. The second-order valence-corrected chi connectivity index (χ2v) is 5.66. The lowest BCUT2D eigenvalue weighted by Crippen LogP contribution is -2.46. The molecule has 104 valence electrons. The fourth-order valence-corrected chi connectivity index (χ4v) is 3.61. The van der Waals surface area contributed by atoms with Gasteiger partial charge in [0.2, 0.25) is 0 Å². The van der Waals surface area contributed by atoms with Crippen molar-refractivity contribution in [2.75, 3.05) is 24.5 Å². The lowest BCUT2D eigenvalue weighted by molar-refractivity contribution is 0.251. The second kappa shape index (κ2) is 4.31. The van der Waals surface area contributed by atoms with E-state index in [0.29, 0.717) is 12.1 Å². The lowest BCUT2D eigenvalue weighted by atomic mass is 10.2. The summed E-state index contributed by atoms with van der Waals surface area (Å²) in [6, 6.07) is 8.47. The summed E-state index contributed by atoms with van der Waals surface area (Å²) in [5, 5.41) is 0. The summed E-state index contributed by atoms with van der Waals surface area (Å²) < 4.78 is 1.59. The molecular formula is C15H18N4O. The van der Waals surface area contributed by atoms with Crippen LogP contribution in [-0.2, 0) is 0 Å². The summed E-state index contributed by atoms with van der Waals surface area (Å²) in [6.07, 6.45) is 2.97. The van der Waals surface area contributed by atoms with Crippen LogP contribution in [0.5, 0.6) is 0 Å². The van der Waals surface area contributed by atoms with Crippen LogP contribution < -0.4 is 10.5 Å². The predicted octanol–water partition coefficient (Wildman–Crippen LogP) is 0.977. The van der Waals surface area contributed by atoms with Gasteiger partial charge in [-0.3, -0.25) is 14.1 Å². The molecule has 2 saturated heterocycles. The first-order chi connectivity index (χ1) is 9.76. The van der Waals surface area contributed by atoms with Gasteiger partial charge in [-0.15, -0.1) is 0 Å². The van der Waals surface area contributed by atoms with Gasteiger partial charge in [-0.05, 0) is 25.1 Å². The standard InChI is InChI=1S/C15H18N4O/c1-2-17-9-12-7-11(17)10-19(12)14-8-15(20)18-6-4-3-5-13(18)16-14/h3-6,8,11-12H,2,7,9-10H2,1H3/t11-,12-/m0/s1. The van der Waals surface area contributed by atoms with Crippen molar-refractivity contribution in [3.05, 3.63) is 40.8 Å². The van der Waals surface area contributed by atoms with Crippen molar-refractivity contribution in [3.8, 4) is 0 Å². The van der Waals surface area contributed by atoms with Gasteiger partial charge in [-0.2, -0.15) is 0 Å². The molecule has 5 nitrogen and oxygen atoms in total. The number of hydrogen-bond acceptors (Lipinski definition) is 4. The number of aromatic nitrogens is 2.